The molecular weight excluding hydrogens is 240 g/mol. The first kappa shape index (κ1) is 13.8. The number of likely N-dealkylation sites (tertiary alicyclic amines) is 1. The van der Waals surface area contributed by atoms with Gasteiger partial charge in [0.05, 0.1) is 5.56 Å². The monoisotopic (exact) mass is 262 g/mol. The minimum atomic E-state index is 0.0636. The first-order valence-electron chi connectivity index (χ1n) is 6.63. The maximum Gasteiger partial charge on any atom is 0.257 e. The summed E-state index contributed by atoms with van der Waals surface area (Å²) in [7, 11) is 5.92. The normalized spacial score (nSPS) is 22.9. The van der Waals surface area contributed by atoms with Gasteiger partial charge in [0.25, 0.3) is 5.91 Å². The van der Waals surface area contributed by atoms with Crippen molar-refractivity contribution in [3.8, 4) is 0 Å². The van der Waals surface area contributed by atoms with Crippen molar-refractivity contribution in [2.75, 3.05) is 39.5 Å². The fraction of sp³-hybridized carbons (Fsp3) is 0.571. The van der Waals surface area contributed by atoms with Gasteiger partial charge in [0.2, 0.25) is 0 Å². The Balaban J connectivity index is 2.17. The van der Waals surface area contributed by atoms with Gasteiger partial charge in [0.1, 0.15) is 5.82 Å². The summed E-state index contributed by atoms with van der Waals surface area (Å²) >= 11 is 0. The van der Waals surface area contributed by atoms with Crippen molar-refractivity contribution in [1.82, 2.24) is 14.8 Å². The van der Waals surface area contributed by atoms with Gasteiger partial charge in [0.15, 0.2) is 0 Å². The molecule has 2 heterocycles. The van der Waals surface area contributed by atoms with Crippen LogP contribution in [0.1, 0.15) is 17.3 Å². The molecule has 1 saturated heterocycles. The SMILES string of the molecule is CNc1ncccc1C(=O)N1CC(C)C(N(C)C)C1. The molecule has 2 rings (SSSR count). The second kappa shape index (κ2) is 5.57. The van der Waals surface area contributed by atoms with Crippen LogP contribution >= 0.6 is 0 Å². The summed E-state index contributed by atoms with van der Waals surface area (Å²) in [6.45, 7) is 3.78. The number of nitrogens with zero attached hydrogens (tertiary/aromatic N) is 3. The van der Waals surface area contributed by atoms with Gasteiger partial charge in [-0.15, -0.1) is 0 Å². The number of amides is 1. The largest absolute Gasteiger partial charge is 0.372 e. The van der Waals surface area contributed by atoms with Crippen LogP contribution in [-0.2, 0) is 0 Å². The average molecular weight is 262 g/mol. The Labute approximate surface area is 114 Å². The quantitative estimate of drug-likeness (QED) is 0.887. The second-order valence-electron chi connectivity index (χ2n) is 5.37. The smallest absolute Gasteiger partial charge is 0.257 e. The van der Waals surface area contributed by atoms with E-state index < -0.39 is 0 Å². The second-order valence-corrected chi connectivity index (χ2v) is 5.37. The number of rotatable bonds is 3. The fourth-order valence-electron chi connectivity index (χ4n) is 2.74. The lowest BCUT2D eigenvalue weighted by atomic mass is 10.1. The topological polar surface area (TPSA) is 48.5 Å². The fourth-order valence-corrected chi connectivity index (χ4v) is 2.74. The molecule has 5 heteroatoms. The number of likely N-dealkylation sites (N-methyl/N-ethyl adjacent to an activating group) is 1. The summed E-state index contributed by atoms with van der Waals surface area (Å²) < 4.78 is 0. The summed E-state index contributed by atoms with van der Waals surface area (Å²) in [6.07, 6.45) is 1.69. The van der Waals surface area contributed by atoms with Crippen LogP contribution in [0.2, 0.25) is 0 Å². The van der Waals surface area contributed by atoms with E-state index in [9.17, 15) is 4.79 Å². The average Bonchev–Trinajstić information content (AvgIpc) is 2.80. The molecule has 1 aromatic heterocycles. The van der Waals surface area contributed by atoms with Crippen molar-refractivity contribution in [3.05, 3.63) is 23.9 Å². The summed E-state index contributed by atoms with van der Waals surface area (Å²) in [5, 5.41) is 2.98. The van der Waals surface area contributed by atoms with Crippen LogP contribution in [0, 0.1) is 5.92 Å². The van der Waals surface area contributed by atoms with Crippen LogP contribution in [0.15, 0.2) is 18.3 Å². The molecule has 2 unspecified atom stereocenters. The Hall–Kier alpha value is -1.62. The van der Waals surface area contributed by atoms with E-state index in [1.165, 1.54) is 0 Å². The molecule has 5 nitrogen and oxygen atoms in total. The lowest BCUT2D eigenvalue weighted by Crippen LogP contribution is -2.36. The van der Waals surface area contributed by atoms with Crippen LogP contribution in [0.5, 0.6) is 0 Å². The van der Waals surface area contributed by atoms with Gasteiger partial charge in [0, 0.05) is 32.4 Å². The van der Waals surface area contributed by atoms with Crippen LogP contribution in [-0.4, -0.2) is 61.0 Å². The predicted molar refractivity (Wildman–Crippen MR) is 76.3 cm³/mol. The molecule has 0 aliphatic carbocycles. The lowest BCUT2D eigenvalue weighted by Gasteiger charge is -2.22. The van der Waals surface area contributed by atoms with Crippen LogP contribution in [0.3, 0.4) is 0 Å². The molecule has 1 aliphatic rings. The van der Waals surface area contributed by atoms with E-state index in [4.69, 9.17) is 0 Å². The Morgan fingerprint density at radius 1 is 1.47 bits per heavy atom. The Morgan fingerprint density at radius 3 is 2.79 bits per heavy atom. The number of carbonyl (C=O) groups is 1. The van der Waals surface area contributed by atoms with Gasteiger partial charge in [-0.1, -0.05) is 6.92 Å². The van der Waals surface area contributed by atoms with Crippen molar-refractivity contribution in [2.24, 2.45) is 5.92 Å². The molecule has 0 spiro atoms. The molecule has 1 amide bonds. The van der Waals surface area contributed by atoms with E-state index in [0.29, 0.717) is 23.3 Å². The van der Waals surface area contributed by atoms with Crippen molar-refractivity contribution < 1.29 is 4.79 Å². The Kier molecular flexibility index (Phi) is 4.04. The number of aromatic nitrogens is 1. The van der Waals surface area contributed by atoms with Gasteiger partial charge in [-0.25, -0.2) is 4.98 Å². The highest BCUT2D eigenvalue weighted by Crippen LogP contribution is 2.23. The first-order valence-corrected chi connectivity index (χ1v) is 6.63. The summed E-state index contributed by atoms with van der Waals surface area (Å²) in [4.78, 5) is 20.9. The van der Waals surface area contributed by atoms with E-state index in [1.54, 1.807) is 19.3 Å². The predicted octanol–water partition coefficient (Wildman–Crippen LogP) is 1.15. The summed E-state index contributed by atoms with van der Waals surface area (Å²) in [5.41, 5.74) is 0.650. The summed E-state index contributed by atoms with van der Waals surface area (Å²) in [5.74, 6) is 1.20. The molecule has 104 valence electrons. The van der Waals surface area contributed by atoms with Gasteiger partial charge in [-0.3, -0.25) is 4.79 Å². The molecule has 19 heavy (non-hydrogen) atoms. The van der Waals surface area contributed by atoms with Crippen LogP contribution in [0.25, 0.3) is 0 Å². The minimum absolute atomic E-state index is 0.0636. The van der Waals surface area contributed by atoms with E-state index in [0.717, 1.165) is 13.1 Å². The van der Waals surface area contributed by atoms with Crippen LogP contribution in [0.4, 0.5) is 5.82 Å². The van der Waals surface area contributed by atoms with Crippen molar-refractivity contribution in [2.45, 2.75) is 13.0 Å². The number of hydrogen-bond donors (Lipinski definition) is 1. The van der Waals surface area contributed by atoms with Crippen molar-refractivity contribution in [1.29, 1.82) is 0 Å². The maximum absolute atomic E-state index is 12.6. The van der Waals surface area contributed by atoms with E-state index in [-0.39, 0.29) is 5.91 Å². The van der Waals surface area contributed by atoms with E-state index in [2.05, 4.69) is 36.2 Å². The van der Waals surface area contributed by atoms with Gasteiger partial charge < -0.3 is 15.1 Å². The zero-order valence-corrected chi connectivity index (χ0v) is 12.1. The van der Waals surface area contributed by atoms with Crippen LogP contribution < -0.4 is 5.32 Å². The minimum Gasteiger partial charge on any atom is -0.372 e. The summed E-state index contributed by atoms with van der Waals surface area (Å²) in [6, 6.07) is 4.06. The maximum atomic E-state index is 12.6. The number of carbonyl (C=O) groups excluding carboxylic acids is 1. The molecule has 1 aliphatic heterocycles. The van der Waals surface area contributed by atoms with Gasteiger partial charge in [-0.05, 0) is 32.1 Å². The molecule has 0 bridgehead atoms. The molecule has 0 saturated carbocycles. The first-order chi connectivity index (χ1) is 9.04. The van der Waals surface area contributed by atoms with Gasteiger partial charge in [-0.2, -0.15) is 0 Å². The number of pyridine rings is 1. The highest BCUT2D eigenvalue weighted by molar-refractivity contribution is 5.98. The third kappa shape index (κ3) is 2.71. The van der Waals surface area contributed by atoms with Gasteiger partial charge >= 0.3 is 0 Å². The Bertz CT molecular complexity index is 461. The molecule has 0 radical (unpaired) electrons. The Morgan fingerprint density at radius 2 is 2.21 bits per heavy atom. The molecular formula is C14H22N4O. The number of hydrogen-bond acceptors (Lipinski definition) is 4. The number of anilines is 1. The standard InChI is InChI=1S/C14H22N4O/c1-10-8-18(9-12(10)17(3)4)14(19)11-6-5-7-16-13(11)15-2/h5-7,10,12H,8-9H2,1-4H3,(H,15,16). The molecule has 1 aromatic rings. The van der Waals surface area contributed by atoms with Crippen molar-refractivity contribution in [3.63, 3.8) is 0 Å². The third-order valence-electron chi connectivity index (χ3n) is 3.80. The molecule has 0 aromatic carbocycles. The van der Waals surface area contributed by atoms with Crippen molar-refractivity contribution >= 4 is 11.7 Å². The number of nitrogens with one attached hydrogen (secondary N) is 1. The molecule has 1 N–H and O–H groups in total. The zero-order valence-electron chi connectivity index (χ0n) is 12.1. The third-order valence-corrected chi connectivity index (χ3v) is 3.80. The highest BCUT2D eigenvalue weighted by atomic mass is 16.2. The lowest BCUT2D eigenvalue weighted by molar-refractivity contribution is 0.0782. The highest BCUT2D eigenvalue weighted by Gasteiger charge is 2.34. The molecule has 1 fully saturated rings. The van der Waals surface area contributed by atoms with E-state index in [1.807, 2.05) is 11.0 Å². The zero-order chi connectivity index (χ0) is 14.0. The molecule has 2 atom stereocenters. The van der Waals surface area contributed by atoms with E-state index >= 15 is 0 Å².